The van der Waals surface area contributed by atoms with E-state index >= 15 is 0 Å². The average Bonchev–Trinajstić information content (AvgIpc) is 2.30. The largest absolute Gasteiger partial charge is 0.508 e. The first-order chi connectivity index (χ1) is 8.02. The fourth-order valence-electron chi connectivity index (χ4n) is 1.70. The van der Waals surface area contributed by atoms with E-state index in [0.717, 1.165) is 12.0 Å². The van der Waals surface area contributed by atoms with E-state index in [1.807, 2.05) is 21.0 Å². The lowest BCUT2D eigenvalue weighted by Crippen LogP contribution is -2.23. The molecule has 0 atom stereocenters. The van der Waals surface area contributed by atoms with Crippen LogP contribution in [0.3, 0.4) is 0 Å². The van der Waals surface area contributed by atoms with Crippen molar-refractivity contribution in [2.24, 2.45) is 0 Å². The van der Waals surface area contributed by atoms with Crippen LogP contribution in [0.5, 0.6) is 5.75 Å². The molecule has 0 spiro atoms. The van der Waals surface area contributed by atoms with Crippen LogP contribution in [-0.2, 0) is 6.42 Å². The van der Waals surface area contributed by atoms with E-state index < -0.39 is 0 Å². The maximum absolute atomic E-state index is 9.89. The number of rotatable bonds is 3. The predicted molar refractivity (Wildman–Crippen MR) is 72.2 cm³/mol. The van der Waals surface area contributed by atoms with Gasteiger partial charge in [0.25, 0.3) is 0 Å². The van der Waals surface area contributed by atoms with Crippen LogP contribution in [0.4, 0.5) is 0 Å². The van der Waals surface area contributed by atoms with Gasteiger partial charge in [0, 0.05) is 25.2 Å². The smallest absolute Gasteiger partial charge is 0.119 e. The van der Waals surface area contributed by atoms with Crippen molar-refractivity contribution in [3.05, 3.63) is 28.8 Å². The molecule has 0 unspecified atom stereocenters. The molecule has 90 valence electrons. The van der Waals surface area contributed by atoms with E-state index in [0.29, 0.717) is 22.5 Å². The topological polar surface area (TPSA) is 47.3 Å². The Morgan fingerprint density at radius 2 is 2.12 bits per heavy atom. The van der Waals surface area contributed by atoms with Crippen molar-refractivity contribution in [3.8, 4) is 11.8 Å². The zero-order valence-corrected chi connectivity index (χ0v) is 11.1. The van der Waals surface area contributed by atoms with Crippen molar-refractivity contribution in [1.29, 1.82) is 5.26 Å². The van der Waals surface area contributed by atoms with Gasteiger partial charge in [0.1, 0.15) is 10.7 Å². The molecule has 1 aromatic rings. The summed E-state index contributed by atoms with van der Waals surface area (Å²) in [5.74, 6) is 0.213. The molecule has 0 bridgehead atoms. The van der Waals surface area contributed by atoms with Crippen LogP contribution in [-0.4, -0.2) is 29.1 Å². The van der Waals surface area contributed by atoms with E-state index in [4.69, 9.17) is 17.5 Å². The van der Waals surface area contributed by atoms with Crippen LogP contribution in [0.2, 0.25) is 0 Å². The second-order valence-corrected chi connectivity index (χ2v) is 4.43. The van der Waals surface area contributed by atoms with Gasteiger partial charge in [-0.2, -0.15) is 5.26 Å². The van der Waals surface area contributed by atoms with Crippen LogP contribution < -0.4 is 0 Å². The van der Waals surface area contributed by atoms with Gasteiger partial charge >= 0.3 is 0 Å². The zero-order chi connectivity index (χ0) is 13.0. The fourth-order valence-corrected chi connectivity index (χ4v) is 1.93. The number of aromatic hydroxyl groups is 1. The van der Waals surface area contributed by atoms with Crippen molar-refractivity contribution in [3.63, 3.8) is 0 Å². The van der Waals surface area contributed by atoms with Crippen LogP contribution in [0.15, 0.2) is 12.1 Å². The highest BCUT2D eigenvalue weighted by atomic mass is 32.1. The number of benzene rings is 1. The highest BCUT2D eigenvalue weighted by Crippen LogP contribution is 2.27. The summed E-state index contributed by atoms with van der Waals surface area (Å²) in [4.78, 5) is 2.37. The van der Waals surface area contributed by atoms with E-state index in [2.05, 4.69) is 6.07 Å². The summed E-state index contributed by atoms with van der Waals surface area (Å²) in [6.07, 6.45) is 1.61. The Balaban J connectivity index is 3.46. The molecule has 0 radical (unpaired) electrons. The van der Waals surface area contributed by atoms with Gasteiger partial charge in [-0.1, -0.05) is 25.6 Å². The van der Waals surface area contributed by atoms with Crippen LogP contribution in [0.1, 0.15) is 30.0 Å². The van der Waals surface area contributed by atoms with Crippen LogP contribution in [0, 0.1) is 11.3 Å². The molecule has 0 aliphatic rings. The number of hydrogen-bond acceptors (Lipinski definition) is 3. The molecule has 0 fully saturated rings. The third-order valence-corrected chi connectivity index (χ3v) is 3.10. The summed E-state index contributed by atoms with van der Waals surface area (Å²) in [6.45, 7) is 2.03. The minimum atomic E-state index is 0.213. The number of phenolic OH excluding ortho intramolecular Hbond substituents is 1. The normalized spacial score (nSPS) is 9.76. The lowest BCUT2D eigenvalue weighted by Gasteiger charge is -2.19. The van der Waals surface area contributed by atoms with Gasteiger partial charge in [-0.3, -0.25) is 0 Å². The molecule has 17 heavy (non-hydrogen) atoms. The summed E-state index contributed by atoms with van der Waals surface area (Å²) in [6, 6.07) is 5.30. The monoisotopic (exact) mass is 248 g/mol. The number of thiocarbonyl (C=S) groups is 1. The Morgan fingerprint density at radius 3 is 2.59 bits per heavy atom. The van der Waals surface area contributed by atoms with Gasteiger partial charge in [0.15, 0.2) is 0 Å². The Kier molecular flexibility index (Phi) is 4.47. The number of nitrogens with zero attached hydrogens (tertiary/aromatic N) is 2. The number of phenols is 1. The third-order valence-electron chi connectivity index (χ3n) is 2.53. The van der Waals surface area contributed by atoms with Crippen LogP contribution in [0.25, 0.3) is 0 Å². The Hall–Kier alpha value is -1.60. The Morgan fingerprint density at radius 1 is 1.47 bits per heavy atom. The van der Waals surface area contributed by atoms with Gasteiger partial charge in [0.05, 0.1) is 11.6 Å². The minimum absolute atomic E-state index is 0.213. The molecular formula is C13H16N2OS. The van der Waals surface area contributed by atoms with Crippen molar-refractivity contribution in [2.45, 2.75) is 19.8 Å². The molecule has 0 amide bonds. The van der Waals surface area contributed by atoms with Crippen molar-refractivity contribution in [1.82, 2.24) is 4.90 Å². The van der Waals surface area contributed by atoms with Gasteiger partial charge in [-0.25, -0.2) is 0 Å². The summed E-state index contributed by atoms with van der Waals surface area (Å²) in [5.41, 5.74) is 1.98. The standard InChI is InChI=1S/C13H16N2OS/c1-4-5-10-11(16)7-6-9(8-14)12(10)13(17)15(2)3/h6-7,16H,4-5H2,1-3H3. The molecule has 1 aromatic carbocycles. The summed E-state index contributed by atoms with van der Waals surface area (Å²) < 4.78 is 0. The van der Waals surface area contributed by atoms with Crippen LogP contribution >= 0.6 is 12.2 Å². The van der Waals surface area contributed by atoms with Gasteiger partial charge in [0.2, 0.25) is 0 Å². The van der Waals surface area contributed by atoms with E-state index in [-0.39, 0.29) is 5.75 Å². The predicted octanol–water partition coefficient (Wildman–Crippen LogP) is 2.45. The highest BCUT2D eigenvalue weighted by Gasteiger charge is 2.17. The maximum atomic E-state index is 9.89. The molecule has 1 rings (SSSR count). The van der Waals surface area contributed by atoms with E-state index in [1.54, 1.807) is 17.0 Å². The van der Waals surface area contributed by atoms with Crippen molar-refractivity contribution >= 4 is 17.2 Å². The molecule has 3 nitrogen and oxygen atoms in total. The molecule has 0 saturated heterocycles. The lowest BCUT2D eigenvalue weighted by atomic mass is 9.97. The second-order valence-electron chi connectivity index (χ2n) is 4.05. The summed E-state index contributed by atoms with van der Waals surface area (Å²) in [5, 5.41) is 19.0. The molecule has 0 aliphatic heterocycles. The average molecular weight is 248 g/mol. The van der Waals surface area contributed by atoms with Crippen molar-refractivity contribution in [2.75, 3.05) is 14.1 Å². The molecule has 0 heterocycles. The minimum Gasteiger partial charge on any atom is -0.508 e. The lowest BCUT2D eigenvalue weighted by molar-refractivity contribution is 0.467. The Bertz CT molecular complexity index is 475. The number of hydrogen-bond donors (Lipinski definition) is 1. The SMILES string of the molecule is CCCc1c(O)ccc(C#N)c1C(=S)N(C)C. The molecule has 0 saturated carbocycles. The fraction of sp³-hybridized carbons (Fsp3) is 0.385. The van der Waals surface area contributed by atoms with Gasteiger partial charge in [-0.05, 0) is 18.6 Å². The first-order valence-corrected chi connectivity index (χ1v) is 5.90. The first kappa shape index (κ1) is 13.5. The summed E-state index contributed by atoms with van der Waals surface area (Å²) >= 11 is 5.32. The van der Waals surface area contributed by atoms with Crippen molar-refractivity contribution < 1.29 is 5.11 Å². The summed E-state index contributed by atoms with van der Waals surface area (Å²) in [7, 11) is 3.67. The molecular weight excluding hydrogens is 232 g/mol. The van der Waals surface area contributed by atoms with Gasteiger partial charge < -0.3 is 10.0 Å². The van der Waals surface area contributed by atoms with Gasteiger partial charge in [-0.15, -0.1) is 0 Å². The Labute approximate surface area is 107 Å². The quantitative estimate of drug-likeness (QED) is 0.835. The van der Waals surface area contributed by atoms with E-state index in [1.165, 1.54) is 0 Å². The molecule has 0 aliphatic carbocycles. The second kappa shape index (κ2) is 5.65. The molecule has 0 aromatic heterocycles. The highest BCUT2D eigenvalue weighted by molar-refractivity contribution is 7.80. The number of nitriles is 1. The molecule has 4 heteroatoms. The maximum Gasteiger partial charge on any atom is 0.119 e. The third kappa shape index (κ3) is 2.75. The first-order valence-electron chi connectivity index (χ1n) is 5.49. The molecule has 1 N–H and O–H groups in total. The van der Waals surface area contributed by atoms with E-state index in [9.17, 15) is 5.11 Å². The zero-order valence-electron chi connectivity index (χ0n) is 10.3.